The molecule has 2 nitrogen and oxygen atoms in total. The molecule has 2 unspecified atom stereocenters. The van der Waals surface area contributed by atoms with E-state index in [1.54, 1.807) is 0 Å². The van der Waals surface area contributed by atoms with Crippen molar-refractivity contribution >= 4 is 12.4 Å². The van der Waals surface area contributed by atoms with Crippen molar-refractivity contribution in [2.24, 2.45) is 16.8 Å². The van der Waals surface area contributed by atoms with Crippen LogP contribution < -0.4 is 0 Å². The van der Waals surface area contributed by atoms with Gasteiger partial charge in [0.15, 0.2) is 6.54 Å². The van der Waals surface area contributed by atoms with Crippen LogP contribution >= 0.6 is 0 Å². The van der Waals surface area contributed by atoms with E-state index in [-0.39, 0.29) is 0 Å². The van der Waals surface area contributed by atoms with Crippen molar-refractivity contribution in [3.05, 3.63) is 11.8 Å². The second-order valence-corrected chi connectivity index (χ2v) is 4.29. The summed E-state index contributed by atoms with van der Waals surface area (Å²) in [4.78, 5) is 4.60. The number of hydrogen-bond donors (Lipinski definition) is 0. The number of allylic oxidation sites excluding steroid dienone is 2. The van der Waals surface area contributed by atoms with Crippen molar-refractivity contribution in [1.29, 1.82) is 0 Å². The molecule has 0 bridgehead atoms. The minimum Gasteiger partial charge on any atom is -0.256 e. The highest BCUT2D eigenvalue weighted by atomic mass is 15.0. The van der Waals surface area contributed by atoms with Gasteiger partial charge in [0.25, 0.3) is 0 Å². The fourth-order valence-corrected chi connectivity index (χ4v) is 1.99. The molecule has 0 aliphatic carbocycles. The van der Waals surface area contributed by atoms with Gasteiger partial charge in [-0.2, -0.15) is 0 Å². The van der Waals surface area contributed by atoms with Crippen molar-refractivity contribution in [2.45, 2.75) is 27.2 Å². The normalized spacial score (nSPS) is 26.9. The van der Waals surface area contributed by atoms with Crippen molar-refractivity contribution in [1.82, 2.24) is 0 Å². The van der Waals surface area contributed by atoms with Gasteiger partial charge in [-0.05, 0) is 19.3 Å². The average Bonchev–Trinajstić information content (AvgIpc) is 2.09. The molecule has 0 aromatic heterocycles. The van der Waals surface area contributed by atoms with Gasteiger partial charge in [0, 0.05) is 11.6 Å². The maximum Gasteiger partial charge on any atom is 0.180 e. The van der Waals surface area contributed by atoms with Gasteiger partial charge >= 0.3 is 0 Å². The zero-order valence-electron chi connectivity index (χ0n) is 9.75. The van der Waals surface area contributed by atoms with Gasteiger partial charge in [-0.25, -0.2) is 4.58 Å². The summed E-state index contributed by atoms with van der Waals surface area (Å²) >= 11 is 0. The van der Waals surface area contributed by atoms with Crippen LogP contribution in [0.25, 0.3) is 0 Å². The fraction of sp³-hybridized carbons (Fsp3) is 0.667. The third-order valence-corrected chi connectivity index (χ3v) is 2.85. The Labute approximate surface area is 87.1 Å². The number of nitrogens with zero attached hydrogens (tertiary/aromatic N) is 2. The molecule has 1 rings (SSSR count). The highest BCUT2D eigenvalue weighted by Gasteiger charge is 2.24. The van der Waals surface area contributed by atoms with Gasteiger partial charge in [0.05, 0.1) is 5.71 Å². The van der Waals surface area contributed by atoms with Crippen LogP contribution in [0.15, 0.2) is 16.8 Å². The molecule has 0 amide bonds. The summed E-state index contributed by atoms with van der Waals surface area (Å²) in [6, 6.07) is 0. The predicted octanol–water partition coefficient (Wildman–Crippen LogP) is 2.35. The van der Waals surface area contributed by atoms with Gasteiger partial charge < -0.3 is 0 Å². The van der Waals surface area contributed by atoms with E-state index in [1.165, 1.54) is 12.1 Å². The molecule has 78 valence electrons. The van der Waals surface area contributed by atoms with Crippen LogP contribution in [-0.2, 0) is 0 Å². The molecule has 0 fully saturated rings. The Hall–Kier alpha value is -0.920. The first kappa shape index (κ1) is 11.2. The minimum absolute atomic E-state index is 0.563. The molecule has 0 saturated carbocycles. The maximum atomic E-state index is 4.60. The second-order valence-electron chi connectivity index (χ2n) is 4.29. The molecule has 1 heterocycles. The molecule has 1 aliphatic rings. The van der Waals surface area contributed by atoms with Gasteiger partial charge in [0.1, 0.15) is 13.8 Å². The second kappa shape index (κ2) is 4.54. The summed E-state index contributed by atoms with van der Waals surface area (Å²) in [5.74, 6) is 1.22. The minimum atomic E-state index is 0.563. The molecule has 0 radical (unpaired) electrons. The number of rotatable bonds is 3. The molecule has 0 aromatic carbocycles. The SMILES string of the molecule is C=[N+](C)CC1=NC(C)=CC(CC)C1C. The van der Waals surface area contributed by atoms with Crippen molar-refractivity contribution < 1.29 is 4.58 Å². The Kier molecular flexibility index (Phi) is 3.62. The lowest BCUT2D eigenvalue weighted by atomic mass is 9.85. The predicted molar refractivity (Wildman–Crippen MR) is 62.3 cm³/mol. The molecule has 2 heteroatoms. The van der Waals surface area contributed by atoms with Crippen molar-refractivity contribution in [3.63, 3.8) is 0 Å². The summed E-state index contributed by atoms with van der Waals surface area (Å²) in [7, 11) is 1.99. The highest BCUT2D eigenvalue weighted by Crippen LogP contribution is 2.25. The van der Waals surface area contributed by atoms with E-state index in [0.29, 0.717) is 11.8 Å². The molecule has 1 aliphatic heterocycles. The summed E-state index contributed by atoms with van der Waals surface area (Å²) in [5, 5.41) is 0. The van der Waals surface area contributed by atoms with Crippen LogP contribution in [0.3, 0.4) is 0 Å². The fourth-order valence-electron chi connectivity index (χ4n) is 1.99. The maximum absolute atomic E-state index is 4.60. The third kappa shape index (κ3) is 2.53. The monoisotopic (exact) mass is 193 g/mol. The smallest absolute Gasteiger partial charge is 0.180 e. The molecule has 14 heavy (non-hydrogen) atoms. The van der Waals surface area contributed by atoms with E-state index in [4.69, 9.17) is 0 Å². The summed E-state index contributed by atoms with van der Waals surface area (Å²) in [5.41, 5.74) is 2.43. The van der Waals surface area contributed by atoms with Crippen LogP contribution in [0, 0.1) is 11.8 Å². The standard InChI is InChI=1S/C12H21N2/c1-6-11-7-9(2)13-12(10(11)3)8-14(4)5/h7,10-11H,4,6,8H2,1-3,5H3/q+1. The number of aliphatic imine (C=N–C) groups is 1. The Morgan fingerprint density at radius 1 is 1.57 bits per heavy atom. The van der Waals surface area contributed by atoms with Gasteiger partial charge in [0.2, 0.25) is 0 Å². The molecule has 0 aromatic rings. The van der Waals surface area contributed by atoms with E-state index >= 15 is 0 Å². The van der Waals surface area contributed by atoms with Crippen LogP contribution in [0.4, 0.5) is 0 Å². The van der Waals surface area contributed by atoms with E-state index < -0.39 is 0 Å². The van der Waals surface area contributed by atoms with E-state index in [9.17, 15) is 0 Å². The molecule has 0 spiro atoms. The van der Waals surface area contributed by atoms with Crippen LogP contribution in [0.2, 0.25) is 0 Å². The lowest BCUT2D eigenvalue weighted by molar-refractivity contribution is -0.472. The Bertz CT molecular complexity index is 287. The molecular formula is C12H21N2+. The van der Waals surface area contributed by atoms with Crippen molar-refractivity contribution in [2.75, 3.05) is 13.6 Å². The van der Waals surface area contributed by atoms with E-state index in [0.717, 1.165) is 12.2 Å². The van der Waals surface area contributed by atoms with Crippen molar-refractivity contribution in [3.8, 4) is 0 Å². The molecule has 0 saturated heterocycles. The van der Waals surface area contributed by atoms with Gasteiger partial charge in [-0.1, -0.05) is 19.9 Å². The van der Waals surface area contributed by atoms with E-state index in [2.05, 4.69) is 38.6 Å². The van der Waals surface area contributed by atoms with Crippen LogP contribution in [-0.4, -0.2) is 30.6 Å². The quantitative estimate of drug-likeness (QED) is 0.483. The topological polar surface area (TPSA) is 15.4 Å². The molecule has 0 N–H and O–H groups in total. The van der Waals surface area contributed by atoms with E-state index in [1.807, 2.05) is 11.6 Å². The summed E-state index contributed by atoms with van der Waals surface area (Å²) < 4.78 is 1.95. The van der Waals surface area contributed by atoms with Gasteiger partial charge in [-0.15, -0.1) is 0 Å². The Morgan fingerprint density at radius 2 is 2.21 bits per heavy atom. The average molecular weight is 193 g/mol. The largest absolute Gasteiger partial charge is 0.256 e. The van der Waals surface area contributed by atoms with Crippen LogP contribution in [0.5, 0.6) is 0 Å². The zero-order chi connectivity index (χ0) is 10.7. The molecule has 2 atom stereocenters. The first-order valence-electron chi connectivity index (χ1n) is 5.32. The lowest BCUT2D eigenvalue weighted by Gasteiger charge is -2.24. The summed E-state index contributed by atoms with van der Waals surface area (Å²) in [6.07, 6.45) is 3.48. The first-order valence-corrected chi connectivity index (χ1v) is 5.32. The lowest BCUT2D eigenvalue weighted by Crippen LogP contribution is -2.29. The van der Waals surface area contributed by atoms with Crippen LogP contribution in [0.1, 0.15) is 27.2 Å². The first-order chi connectivity index (χ1) is 6.54. The zero-order valence-corrected chi connectivity index (χ0v) is 9.75. The van der Waals surface area contributed by atoms with Gasteiger partial charge in [-0.3, -0.25) is 4.99 Å². The Balaban J connectivity index is 2.83. The highest BCUT2D eigenvalue weighted by molar-refractivity contribution is 5.89. The Morgan fingerprint density at radius 3 is 2.71 bits per heavy atom. The third-order valence-electron chi connectivity index (χ3n) is 2.85. The number of hydrogen-bond acceptors (Lipinski definition) is 1. The molecular weight excluding hydrogens is 172 g/mol. The summed E-state index contributed by atoms with van der Waals surface area (Å²) in [6.45, 7) is 11.3.